The van der Waals surface area contributed by atoms with Gasteiger partial charge in [0.15, 0.2) is 5.96 Å². The van der Waals surface area contributed by atoms with Gasteiger partial charge in [-0.2, -0.15) is 0 Å². The highest BCUT2D eigenvalue weighted by Crippen LogP contribution is 2.28. The number of hydrogen-bond acceptors (Lipinski definition) is 4. The molecule has 26 heavy (non-hydrogen) atoms. The highest BCUT2D eigenvalue weighted by molar-refractivity contribution is 5.80. The van der Waals surface area contributed by atoms with Gasteiger partial charge in [-0.25, -0.2) is 0 Å². The Labute approximate surface area is 157 Å². The third-order valence-electron chi connectivity index (χ3n) is 5.53. The van der Waals surface area contributed by atoms with Gasteiger partial charge in [0.2, 0.25) is 5.91 Å². The van der Waals surface area contributed by atoms with E-state index < -0.39 is 0 Å². The van der Waals surface area contributed by atoms with E-state index in [0.29, 0.717) is 12.5 Å². The van der Waals surface area contributed by atoms with Gasteiger partial charge in [0.05, 0.1) is 13.2 Å². The summed E-state index contributed by atoms with van der Waals surface area (Å²) in [6.07, 6.45) is 6.25. The number of hydrogen-bond donors (Lipinski definition) is 1. The fourth-order valence-electron chi connectivity index (χ4n) is 3.65. The summed E-state index contributed by atoms with van der Waals surface area (Å²) < 4.78 is 5.67. The topological polar surface area (TPSA) is 60.4 Å². The molecule has 2 heterocycles. The minimum Gasteiger partial charge on any atom is -0.379 e. The average Bonchev–Trinajstić information content (AvgIpc) is 3.51. The molecule has 1 amide bonds. The maximum absolute atomic E-state index is 12.4. The van der Waals surface area contributed by atoms with E-state index in [1.54, 1.807) is 0 Å². The lowest BCUT2D eigenvalue weighted by Gasteiger charge is -2.37. The predicted octanol–water partition coefficient (Wildman–Crippen LogP) is 0.619. The van der Waals surface area contributed by atoms with Gasteiger partial charge in [-0.1, -0.05) is 0 Å². The van der Waals surface area contributed by atoms with Gasteiger partial charge in [-0.3, -0.25) is 14.7 Å². The fraction of sp³-hybridized carbons (Fsp3) is 0.895. The molecule has 3 fully saturated rings. The molecule has 0 unspecified atom stereocenters. The number of amides is 1. The molecule has 0 spiro atoms. The lowest BCUT2D eigenvalue weighted by atomic mass is 10.1. The van der Waals surface area contributed by atoms with Crippen molar-refractivity contribution in [3.8, 4) is 0 Å². The van der Waals surface area contributed by atoms with E-state index in [1.165, 1.54) is 19.3 Å². The highest BCUT2D eigenvalue weighted by Gasteiger charge is 2.24. The molecule has 0 radical (unpaired) electrons. The van der Waals surface area contributed by atoms with E-state index in [9.17, 15) is 4.79 Å². The van der Waals surface area contributed by atoms with Crippen LogP contribution < -0.4 is 5.32 Å². The van der Waals surface area contributed by atoms with Crippen LogP contribution in [-0.4, -0.2) is 99.2 Å². The van der Waals surface area contributed by atoms with Gasteiger partial charge in [-0.05, 0) is 38.0 Å². The van der Waals surface area contributed by atoms with Crippen LogP contribution in [0, 0.1) is 5.92 Å². The van der Waals surface area contributed by atoms with E-state index in [2.05, 4.69) is 20.1 Å². The summed E-state index contributed by atoms with van der Waals surface area (Å²) in [6.45, 7) is 8.55. The van der Waals surface area contributed by atoms with Crippen molar-refractivity contribution in [2.45, 2.75) is 32.1 Å². The molecule has 3 rings (SSSR count). The maximum Gasteiger partial charge on any atom is 0.236 e. The Morgan fingerprint density at radius 3 is 2.42 bits per heavy atom. The molecule has 1 N–H and O–H groups in total. The minimum atomic E-state index is 0.300. The molecule has 0 aromatic rings. The Hall–Kier alpha value is -1.34. The molecule has 2 saturated heterocycles. The van der Waals surface area contributed by atoms with Gasteiger partial charge in [0, 0.05) is 59.5 Å². The quantitative estimate of drug-likeness (QED) is 0.407. The molecule has 7 nitrogen and oxygen atoms in total. The molecule has 0 aromatic heterocycles. The molecular formula is C19H35N5O2. The summed E-state index contributed by atoms with van der Waals surface area (Å²) in [5, 5.41) is 3.40. The average molecular weight is 366 g/mol. The Bertz CT molecular complexity index is 467. The van der Waals surface area contributed by atoms with Gasteiger partial charge >= 0.3 is 0 Å². The predicted molar refractivity (Wildman–Crippen MR) is 103 cm³/mol. The number of ether oxygens (including phenoxy) is 1. The van der Waals surface area contributed by atoms with E-state index in [0.717, 1.165) is 83.7 Å². The molecule has 0 aromatic carbocycles. The van der Waals surface area contributed by atoms with E-state index in [-0.39, 0.29) is 0 Å². The number of piperazine rings is 1. The van der Waals surface area contributed by atoms with E-state index in [1.807, 2.05) is 11.9 Å². The van der Waals surface area contributed by atoms with Crippen molar-refractivity contribution in [1.82, 2.24) is 20.0 Å². The number of rotatable bonds is 7. The first-order valence-electron chi connectivity index (χ1n) is 10.3. The van der Waals surface area contributed by atoms with Crippen LogP contribution in [0.15, 0.2) is 4.99 Å². The van der Waals surface area contributed by atoms with Crippen LogP contribution >= 0.6 is 0 Å². The van der Waals surface area contributed by atoms with Crippen molar-refractivity contribution in [2.24, 2.45) is 10.9 Å². The number of carbonyl (C=O) groups excluding carboxylic acids is 1. The van der Waals surface area contributed by atoms with Crippen LogP contribution in [0.2, 0.25) is 0 Å². The SMILES string of the molecule is CN=C(NCCOCC1CC1)N1CCN(CC(=O)N2CCCCC2)CC1. The summed E-state index contributed by atoms with van der Waals surface area (Å²) in [6, 6.07) is 0. The second-order valence-electron chi connectivity index (χ2n) is 7.70. The molecule has 148 valence electrons. The van der Waals surface area contributed by atoms with Crippen molar-refractivity contribution in [3.63, 3.8) is 0 Å². The summed E-state index contributed by atoms with van der Waals surface area (Å²) >= 11 is 0. The molecule has 1 aliphatic carbocycles. The van der Waals surface area contributed by atoms with Crippen LogP contribution in [0.25, 0.3) is 0 Å². The van der Waals surface area contributed by atoms with Crippen LogP contribution in [0.3, 0.4) is 0 Å². The second kappa shape index (κ2) is 10.1. The third-order valence-corrected chi connectivity index (χ3v) is 5.53. The van der Waals surface area contributed by atoms with Crippen molar-refractivity contribution < 1.29 is 9.53 Å². The molecule has 0 atom stereocenters. The summed E-state index contributed by atoms with van der Waals surface area (Å²) in [5.41, 5.74) is 0. The zero-order chi connectivity index (χ0) is 18.2. The maximum atomic E-state index is 12.4. The first-order valence-corrected chi connectivity index (χ1v) is 10.3. The Morgan fingerprint density at radius 2 is 1.77 bits per heavy atom. The molecule has 3 aliphatic rings. The summed E-state index contributed by atoms with van der Waals surface area (Å²) in [4.78, 5) is 23.4. The molecule has 7 heteroatoms. The Balaban J connectivity index is 1.31. The Kier molecular flexibility index (Phi) is 7.55. The van der Waals surface area contributed by atoms with Crippen molar-refractivity contribution in [1.29, 1.82) is 0 Å². The molecule has 1 saturated carbocycles. The van der Waals surface area contributed by atoms with Crippen LogP contribution in [0.5, 0.6) is 0 Å². The lowest BCUT2D eigenvalue weighted by molar-refractivity contribution is -0.133. The second-order valence-corrected chi connectivity index (χ2v) is 7.70. The van der Waals surface area contributed by atoms with Gasteiger partial charge < -0.3 is 19.9 Å². The van der Waals surface area contributed by atoms with Gasteiger partial charge in [0.25, 0.3) is 0 Å². The molecular weight excluding hydrogens is 330 g/mol. The first kappa shape index (κ1) is 19.4. The zero-order valence-corrected chi connectivity index (χ0v) is 16.3. The van der Waals surface area contributed by atoms with Gasteiger partial charge in [-0.15, -0.1) is 0 Å². The monoisotopic (exact) mass is 365 g/mol. The van der Waals surface area contributed by atoms with Crippen LogP contribution in [0.1, 0.15) is 32.1 Å². The fourth-order valence-corrected chi connectivity index (χ4v) is 3.65. The Morgan fingerprint density at radius 1 is 1.04 bits per heavy atom. The minimum absolute atomic E-state index is 0.300. The number of likely N-dealkylation sites (tertiary alicyclic amines) is 1. The van der Waals surface area contributed by atoms with Crippen LogP contribution in [0.4, 0.5) is 0 Å². The first-order chi connectivity index (χ1) is 12.8. The number of aliphatic imine (C=N–C) groups is 1. The number of guanidine groups is 1. The lowest BCUT2D eigenvalue weighted by Crippen LogP contribution is -2.54. The molecule has 0 bridgehead atoms. The normalized spacial score (nSPS) is 22.6. The van der Waals surface area contributed by atoms with Gasteiger partial charge in [0.1, 0.15) is 0 Å². The van der Waals surface area contributed by atoms with Crippen LogP contribution in [-0.2, 0) is 9.53 Å². The zero-order valence-electron chi connectivity index (χ0n) is 16.3. The molecule has 2 aliphatic heterocycles. The largest absolute Gasteiger partial charge is 0.379 e. The van der Waals surface area contributed by atoms with E-state index >= 15 is 0 Å². The van der Waals surface area contributed by atoms with Crippen molar-refractivity contribution in [3.05, 3.63) is 0 Å². The number of piperidine rings is 1. The number of nitrogens with zero attached hydrogens (tertiary/aromatic N) is 4. The smallest absolute Gasteiger partial charge is 0.236 e. The number of carbonyl (C=O) groups is 1. The third kappa shape index (κ3) is 6.13. The highest BCUT2D eigenvalue weighted by atomic mass is 16.5. The van der Waals surface area contributed by atoms with Crippen molar-refractivity contribution in [2.75, 3.05) is 72.6 Å². The summed E-state index contributed by atoms with van der Waals surface area (Å²) in [5.74, 6) is 2.06. The number of nitrogens with one attached hydrogen (secondary N) is 1. The summed E-state index contributed by atoms with van der Waals surface area (Å²) in [7, 11) is 1.83. The standard InChI is InChI=1S/C19H35N5O2/c1-20-19(21-7-14-26-16-17-5-6-17)24-12-10-22(11-13-24)15-18(25)23-8-3-2-4-9-23/h17H,2-16H2,1H3,(H,20,21). The van der Waals surface area contributed by atoms with E-state index in [4.69, 9.17) is 4.74 Å². The van der Waals surface area contributed by atoms with Crippen molar-refractivity contribution >= 4 is 11.9 Å².